The van der Waals surface area contributed by atoms with E-state index in [0.717, 1.165) is 54.7 Å². The minimum atomic E-state index is -4.20. The quantitative estimate of drug-likeness (QED) is 0.317. The zero-order valence-electron chi connectivity index (χ0n) is 24.5. The Labute approximate surface area is 250 Å². The van der Waals surface area contributed by atoms with E-state index in [1.165, 1.54) is 0 Å². The summed E-state index contributed by atoms with van der Waals surface area (Å²) in [5, 5.41) is 13.5. The number of sulfonamides is 1. The van der Waals surface area contributed by atoms with Gasteiger partial charge in [0.15, 0.2) is 5.82 Å². The van der Waals surface area contributed by atoms with Crippen molar-refractivity contribution in [2.45, 2.75) is 37.2 Å². The van der Waals surface area contributed by atoms with E-state index in [0.29, 0.717) is 41.6 Å². The first-order chi connectivity index (χ1) is 20.5. The van der Waals surface area contributed by atoms with Crippen LogP contribution < -0.4 is 15.5 Å². The fourth-order valence-corrected chi connectivity index (χ4v) is 6.78. The number of H-pyrrole nitrogens is 1. The summed E-state index contributed by atoms with van der Waals surface area (Å²) < 4.78 is 60.4. The predicted molar refractivity (Wildman–Crippen MR) is 160 cm³/mol. The highest BCUT2D eigenvalue weighted by Gasteiger charge is 2.32. The number of nitrogens with one attached hydrogen (secondary N) is 3. The van der Waals surface area contributed by atoms with Crippen LogP contribution in [0.3, 0.4) is 0 Å². The van der Waals surface area contributed by atoms with Crippen LogP contribution in [0.4, 0.5) is 26.0 Å². The lowest BCUT2D eigenvalue weighted by atomic mass is 10.1. The number of aromatic amines is 1. The Bertz CT molecular complexity index is 1550. The summed E-state index contributed by atoms with van der Waals surface area (Å²) in [6, 6.07) is 7.92. The van der Waals surface area contributed by atoms with E-state index in [2.05, 4.69) is 37.7 Å². The van der Waals surface area contributed by atoms with E-state index in [4.69, 9.17) is 4.74 Å². The molecule has 0 unspecified atom stereocenters. The van der Waals surface area contributed by atoms with Crippen molar-refractivity contribution in [1.29, 1.82) is 0 Å². The normalized spacial score (nSPS) is 17.0. The van der Waals surface area contributed by atoms with Gasteiger partial charge in [0.2, 0.25) is 10.0 Å². The Morgan fingerprint density at radius 2 is 1.81 bits per heavy atom. The topological polar surface area (TPSA) is 123 Å². The third kappa shape index (κ3) is 6.98. The van der Waals surface area contributed by atoms with Crippen LogP contribution in [0, 0.1) is 11.6 Å². The molecule has 1 amide bonds. The largest absolute Gasteiger partial charge is 0.385 e. The zero-order chi connectivity index (χ0) is 30.7. The Hall–Kier alpha value is -3.59. The van der Waals surface area contributed by atoms with Crippen molar-refractivity contribution < 1.29 is 26.7 Å². The molecule has 14 heteroatoms. The van der Waals surface area contributed by atoms with Gasteiger partial charge in [0.05, 0.1) is 10.5 Å². The highest BCUT2D eigenvalue weighted by Crippen LogP contribution is 2.31. The molecule has 232 valence electrons. The predicted octanol–water partition coefficient (Wildman–Crippen LogP) is 3.28. The molecule has 1 fully saturated rings. The smallest absolute Gasteiger partial charge is 0.258 e. The Balaban J connectivity index is 1.38. The molecule has 3 N–H and O–H groups in total. The second-order valence-electron chi connectivity index (χ2n) is 11.0. The first kappa shape index (κ1) is 30.9. The van der Waals surface area contributed by atoms with Gasteiger partial charge in [0.1, 0.15) is 11.6 Å². The van der Waals surface area contributed by atoms with E-state index >= 15 is 0 Å². The van der Waals surface area contributed by atoms with Gasteiger partial charge in [-0.15, -0.1) is 0 Å². The highest BCUT2D eigenvalue weighted by molar-refractivity contribution is 7.89. The lowest BCUT2D eigenvalue weighted by molar-refractivity contribution is 0.102. The summed E-state index contributed by atoms with van der Waals surface area (Å²) in [5.41, 5.74) is 3.27. The highest BCUT2D eigenvalue weighted by atomic mass is 32.2. The number of amides is 1. The number of carbonyl (C=O) groups excluding carboxylic acids is 1. The van der Waals surface area contributed by atoms with Gasteiger partial charge in [0.25, 0.3) is 5.91 Å². The van der Waals surface area contributed by atoms with Crippen molar-refractivity contribution in [3.8, 4) is 0 Å². The van der Waals surface area contributed by atoms with Crippen molar-refractivity contribution in [3.63, 3.8) is 0 Å². The van der Waals surface area contributed by atoms with Gasteiger partial charge in [-0.1, -0.05) is 0 Å². The van der Waals surface area contributed by atoms with Crippen LogP contribution in [-0.4, -0.2) is 93.3 Å². The van der Waals surface area contributed by atoms with Crippen LogP contribution in [0.1, 0.15) is 35.0 Å². The van der Waals surface area contributed by atoms with Crippen molar-refractivity contribution in [3.05, 3.63) is 64.9 Å². The van der Waals surface area contributed by atoms with Crippen LogP contribution in [-0.2, 0) is 27.7 Å². The van der Waals surface area contributed by atoms with Gasteiger partial charge in [-0.3, -0.25) is 9.89 Å². The third-order valence-electron chi connectivity index (χ3n) is 7.88. The maximum Gasteiger partial charge on any atom is 0.258 e. The van der Waals surface area contributed by atoms with Gasteiger partial charge >= 0.3 is 0 Å². The lowest BCUT2D eigenvalue weighted by Crippen LogP contribution is -2.44. The Morgan fingerprint density at radius 1 is 1.09 bits per heavy atom. The number of ether oxygens (including phenoxy) is 1. The average Bonchev–Trinajstić information content (AvgIpc) is 3.37. The van der Waals surface area contributed by atoms with Crippen LogP contribution >= 0.6 is 0 Å². The molecule has 1 aromatic heterocycles. The molecule has 3 heterocycles. The van der Waals surface area contributed by atoms with Crippen LogP contribution in [0.2, 0.25) is 0 Å². The minimum Gasteiger partial charge on any atom is -0.385 e. The first-order valence-corrected chi connectivity index (χ1v) is 15.7. The number of halogens is 2. The standard InChI is InChI=1S/C29H37F2N7O4S/c1-19(7-13-42-3)32-27-17-22(37-11-9-36(2)10-12-37)4-5-24(27)29(39)33-28-25-18-38(8-6-26(25)34-35-28)43(40,41)23-15-20(30)14-21(31)16-23/h4-5,14-17,19,32H,6-13,18H2,1-3H3,(H2,33,34,35,39)/t19-/m0/s1. The van der Waals surface area contributed by atoms with E-state index in [1.807, 2.05) is 19.1 Å². The van der Waals surface area contributed by atoms with Crippen LogP contribution in [0.5, 0.6) is 0 Å². The molecule has 0 radical (unpaired) electrons. The number of methoxy groups -OCH3 is 1. The number of carbonyl (C=O) groups is 1. The molecule has 43 heavy (non-hydrogen) atoms. The number of hydrogen-bond donors (Lipinski definition) is 3. The maximum absolute atomic E-state index is 13.8. The van der Waals surface area contributed by atoms with E-state index in [9.17, 15) is 22.0 Å². The summed E-state index contributed by atoms with van der Waals surface area (Å²) >= 11 is 0. The number of fused-ring (bicyclic) bond motifs is 1. The molecule has 1 atom stereocenters. The Morgan fingerprint density at radius 3 is 2.51 bits per heavy atom. The molecule has 0 bridgehead atoms. The molecule has 11 nitrogen and oxygen atoms in total. The fraction of sp³-hybridized carbons (Fsp3) is 0.448. The molecule has 2 aromatic carbocycles. The average molecular weight is 618 g/mol. The molecule has 0 saturated carbocycles. The SMILES string of the molecule is COCC[C@H](C)Nc1cc(N2CCN(C)CC2)ccc1C(=O)Nc1n[nH]c2c1CN(S(=O)(=O)c1cc(F)cc(F)c1)CC2. The van der Waals surface area contributed by atoms with E-state index in [1.54, 1.807) is 13.2 Å². The number of likely N-dealkylation sites (N-methyl/N-ethyl adjacent to an activating group) is 1. The molecule has 0 spiro atoms. The Kier molecular flexibility index (Phi) is 9.30. The van der Waals surface area contributed by atoms with Gasteiger partial charge < -0.3 is 25.2 Å². The minimum absolute atomic E-state index is 0.0267. The number of piperazine rings is 1. The molecule has 2 aliphatic heterocycles. The second-order valence-corrected chi connectivity index (χ2v) is 13.0. The van der Waals surface area contributed by atoms with Gasteiger partial charge in [-0.05, 0) is 50.7 Å². The monoisotopic (exact) mass is 617 g/mol. The summed E-state index contributed by atoms with van der Waals surface area (Å²) in [6.45, 7) is 6.19. The van der Waals surface area contributed by atoms with Crippen molar-refractivity contribution in [1.82, 2.24) is 19.4 Å². The lowest BCUT2D eigenvalue weighted by Gasteiger charge is -2.34. The fourth-order valence-electron chi connectivity index (χ4n) is 5.32. The summed E-state index contributed by atoms with van der Waals surface area (Å²) in [4.78, 5) is 17.7. The number of anilines is 3. The van der Waals surface area contributed by atoms with Crippen molar-refractivity contribution >= 4 is 33.1 Å². The molecule has 1 saturated heterocycles. The van der Waals surface area contributed by atoms with Crippen molar-refractivity contribution in [2.24, 2.45) is 0 Å². The molecule has 2 aliphatic rings. The number of hydrogen-bond acceptors (Lipinski definition) is 8. The molecular weight excluding hydrogens is 580 g/mol. The maximum atomic E-state index is 13.8. The second kappa shape index (κ2) is 13.0. The van der Waals surface area contributed by atoms with E-state index in [-0.39, 0.29) is 24.9 Å². The van der Waals surface area contributed by atoms with E-state index < -0.39 is 32.5 Å². The number of aromatic nitrogens is 2. The van der Waals surface area contributed by atoms with Gasteiger partial charge in [-0.25, -0.2) is 17.2 Å². The molecular formula is C29H37F2N7O4S. The van der Waals surface area contributed by atoms with Gasteiger partial charge in [0, 0.05) is 94.1 Å². The molecule has 5 rings (SSSR count). The van der Waals surface area contributed by atoms with Crippen molar-refractivity contribution in [2.75, 3.05) is 69.0 Å². The first-order valence-electron chi connectivity index (χ1n) is 14.2. The number of benzene rings is 2. The summed E-state index contributed by atoms with van der Waals surface area (Å²) in [5.74, 6) is -2.17. The molecule has 0 aliphatic carbocycles. The zero-order valence-corrected chi connectivity index (χ0v) is 25.3. The third-order valence-corrected chi connectivity index (χ3v) is 9.70. The number of rotatable bonds is 10. The molecule has 3 aromatic rings. The summed E-state index contributed by atoms with van der Waals surface area (Å²) in [6.07, 6.45) is 1.03. The van der Waals surface area contributed by atoms with Crippen LogP contribution in [0.15, 0.2) is 41.3 Å². The van der Waals surface area contributed by atoms with Crippen LogP contribution in [0.25, 0.3) is 0 Å². The summed E-state index contributed by atoms with van der Waals surface area (Å²) in [7, 11) is -0.459. The number of nitrogens with zero attached hydrogens (tertiary/aromatic N) is 4. The van der Waals surface area contributed by atoms with Gasteiger partial charge in [-0.2, -0.15) is 9.40 Å².